The van der Waals surface area contributed by atoms with E-state index in [1.807, 2.05) is 24.3 Å². The number of nitrogens with two attached hydrogens (primary N) is 2. The van der Waals surface area contributed by atoms with E-state index in [4.69, 9.17) is 11.5 Å². The van der Waals surface area contributed by atoms with Gasteiger partial charge in [-0.05, 0) is 82.8 Å². The van der Waals surface area contributed by atoms with E-state index in [9.17, 15) is 14.4 Å². The standard InChI is InChI=1S/C28H42N8O3.ClH/c1-28(2,30)25(37)34-14-16-35(17-15-34)26(38)31-24-11-13-36(27(39)32-24)22-7-4-20(5-8-22)10-12-33(3)23-9-6-21(18-23)19-29;/h4-5,7-8,11,13,21,23H,6,9-10,12,14-19,29-30H2,1-3H3,(H,31,32,38,39);1H/t21-,23+;/m1./s1. The van der Waals surface area contributed by atoms with Crippen LogP contribution >= 0.6 is 12.4 Å². The first-order valence-electron chi connectivity index (χ1n) is 13.8. The molecule has 2 fully saturated rings. The average molecular weight is 575 g/mol. The summed E-state index contributed by atoms with van der Waals surface area (Å²) >= 11 is 0. The van der Waals surface area contributed by atoms with Crippen LogP contribution in [0, 0.1) is 5.92 Å². The molecule has 4 rings (SSSR count). The Bertz CT molecular complexity index is 1210. The summed E-state index contributed by atoms with van der Waals surface area (Å²) in [6, 6.07) is 9.77. The number of nitrogens with zero attached hydrogens (tertiary/aromatic N) is 5. The average Bonchev–Trinajstić information content (AvgIpc) is 3.41. The van der Waals surface area contributed by atoms with Gasteiger partial charge < -0.3 is 26.2 Å². The van der Waals surface area contributed by atoms with Crippen molar-refractivity contribution in [3.05, 3.63) is 52.6 Å². The van der Waals surface area contributed by atoms with Gasteiger partial charge in [-0.1, -0.05) is 12.1 Å². The number of halogens is 1. The Labute approximate surface area is 242 Å². The summed E-state index contributed by atoms with van der Waals surface area (Å²) in [5, 5.41) is 2.69. The highest BCUT2D eigenvalue weighted by molar-refractivity contribution is 5.89. The van der Waals surface area contributed by atoms with E-state index in [0.29, 0.717) is 43.8 Å². The minimum atomic E-state index is -0.945. The maximum atomic E-state index is 12.7. The second-order valence-electron chi connectivity index (χ2n) is 11.4. The van der Waals surface area contributed by atoms with Crippen molar-refractivity contribution in [2.75, 3.05) is 51.6 Å². The van der Waals surface area contributed by atoms with Crippen LogP contribution in [0.25, 0.3) is 5.69 Å². The monoisotopic (exact) mass is 574 g/mol. The predicted octanol–water partition coefficient (Wildman–Crippen LogP) is 1.67. The zero-order valence-corrected chi connectivity index (χ0v) is 24.5. The highest BCUT2D eigenvalue weighted by Gasteiger charge is 2.31. The number of carbonyl (C=O) groups excluding carboxylic acids is 2. The summed E-state index contributed by atoms with van der Waals surface area (Å²) in [7, 11) is 2.19. The lowest BCUT2D eigenvalue weighted by molar-refractivity contribution is -0.137. The van der Waals surface area contributed by atoms with Crippen LogP contribution in [0.2, 0.25) is 0 Å². The lowest BCUT2D eigenvalue weighted by Crippen LogP contribution is -2.58. The van der Waals surface area contributed by atoms with Gasteiger partial charge in [-0.2, -0.15) is 4.98 Å². The fourth-order valence-electron chi connectivity index (χ4n) is 5.35. The highest BCUT2D eigenvalue weighted by atomic mass is 35.5. The van der Waals surface area contributed by atoms with Gasteiger partial charge in [0, 0.05) is 45.0 Å². The molecule has 12 heteroatoms. The molecular formula is C28H43ClN8O3. The number of nitrogens with one attached hydrogen (secondary N) is 1. The molecule has 1 aromatic carbocycles. The van der Waals surface area contributed by atoms with Crippen molar-refractivity contribution in [1.29, 1.82) is 0 Å². The summed E-state index contributed by atoms with van der Waals surface area (Å²) in [6.45, 7) is 6.67. The second kappa shape index (κ2) is 13.6. The summed E-state index contributed by atoms with van der Waals surface area (Å²) in [5.41, 5.74) is 12.2. The Hall–Kier alpha value is -2.99. The number of likely N-dealkylation sites (N-methyl/N-ethyl adjacent to an activating group) is 1. The van der Waals surface area contributed by atoms with Crippen molar-refractivity contribution in [3.63, 3.8) is 0 Å². The molecule has 5 N–H and O–H groups in total. The molecule has 2 aromatic rings. The van der Waals surface area contributed by atoms with E-state index in [1.165, 1.54) is 29.4 Å². The van der Waals surface area contributed by atoms with E-state index in [1.54, 1.807) is 35.9 Å². The number of hydrogen-bond donors (Lipinski definition) is 3. The Kier molecular flexibility index (Phi) is 10.7. The molecule has 220 valence electrons. The van der Waals surface area contributed by atoms with Gasteiger partial charge in [-0.25, -0.2) is 9.59 Å². The van der Waals surface area contributed by atoms with E-state index < -0.39 is 11.2 Å². The van der Waals surface area contributed by atoms with Gasteiger partial charge in [-0.15, -0.1) is 12.4 Å². The smallest absolute Gasteiger partial charge is 0.338 e. The molecule has 0 bridgehead atoms. The van der Waals surface area contributed by atoms with Gasteiger partial charge in [0.15, 0.2) is 0 Å². The van der Waals surface area contributed by atoms with Gasteiger partial charge in [-0.3, -0.25) is 14.7 Å². The molecule has 3 amide bonds. The molecule has 2 heterocycles. The maximum absolute atomic E-state index is 12.7. The quantitative estimate of drug-likeness (QED) is 0.435. The Balaban J connectivity index is 0.00000441. The van der Waals surface area contributed by atoms with Crippen molar-refractivity contribution in [1.82, 2.24) is 24.3 Å². The highest BCUT2D eigenvalue weighted by Crippen LogP contribution is 2.28. The Morgan fingerprint density at radius 2 is 1.73 bits per heavy atom. The van der Waals surface area contributed by atoms with Crippen molar-refractivity contribution >= 4 is 30.2 Å². The molecule has 1 aromatic heterocycles. The minimum absolute atomic E-state index is 0. The molecule has 0 radical (unpaired) electrons. The molecule has 2 atom stereocenters. The number of amides is 3. The fraction of sp³-hybridized carbons (Fsp3) is 0.571. The van der Waals surface area contributed by atoms with Crippen LogP contribution in [0.3, 0.4) is 0 Å². The van der Waals surface area contributed by atoms with Crippen LogP contribution in [0.5, 0.6) is 0 Å². The van der Waals surface area contributed by atoms with Gasteiger partial charge in [0.2, 0.25) is 5.91 Å². The molecule has 2 aliphatic rings. The lowest BCUT2D eigenvalue weighted by atomic mass is 10.1. The van der Waals surface area contributed by atoms with Crippen LogP contribution in [-0.4, -0.2) is 94.1 Å². The maximum Gasteiger partial charge on any atom is 0.354 e. The van der Waals surface area contributed by atoms with Crippen LogP contribution < -0.4 is 22.5 Å². The van der Waals surface area contributed by atoms with E-state index in [2.05, 4.69) is 22.2 Å². The minimum Gasteiger partial charge on any atom is -0.338 e. The second-order valence-corrected chi connectivity index (χ2v) is 11.4. The molecule has 40 heavy (non-hydrogen) atoms. The normalized spacial score (nSPS) is 19.4. The molecule has 1 saturated heterocycles. The lowest BCUT2D eigenvalue weighted by Gasteiger charge is -2.37. The third kappa shape index (κ3) is 7.81. The third-order valence-electron chi connectivity index (χ3n) is 7.88. The van der Waals surface area contributed by atoms with E-state index >= 15 is 0 Å². The van der Waals surface area contributed by atoms with Crippen LogP contribution in [0.1, 0.15) is 38.7 Å². The fourth-order valence-corrected chi connectivity index (χ4v) is 5.35. The number of rotatable bonds is 8. The molecule has 1 aliphatic heterocycles. The van der Waals surface area contributed by atoms with Crippen molar-refractivity contribution in [2.24, 2.45) is 17.4 Å². The Morgan fingerprint density at radius 1 is 1.07 bits per heavy atom. The molecule has 0 unspecified atom stereocenters. The molecular weight excluding hydrogens is 532 g/mol. The summed E-state index contributed by atoms with van der Waals surface area (Å²) < 4.78 is 1.45. The first-order chi connectivity index (χ1) is 18.5. The first kappa shape index (κ1) is 31.5. The third-order valence-corrected chi connectivity index (χ3v) is 7.88. The summed E-state index contributed by atoms with van der Waals surface area (Å²) in [5.74, 6) is 0.699. The van der Waals surface area contributed by atoms with E-state index in [0.717, 1.165) is 19.5 Å². The number of benzene rings is 1. The van der Waals surface area contributed by atoms with Crippen molar-refractivity contribution in [2.45, 2.75) is 51.1 Å². The van der Waals surface area contributed by atoms with Crippen LogP contribution in [0.4, 0.5) is 10.6 Å². The Morgan fingerprint density at radius 3 is 2.30 bits per heavy atom. The number of hydrogen-bond acceptors (Lipinski definition) is 7. The van der Waals surface area contributed by atoms with Gasteiger partial charge in [0.05, 0.1) is 11.2 Å². The number of aromatic nitrogens is 2. The van der Waals surface area contributed by atoms with Crippen LogP contribution in [0.15, 0.2) is 41.3 Å². The molecule has 1 aliphatic carbocycles. The number of carbonyl (C=O) groups is 2. The SMILES string of the molecule is CN(CCc1ccc(-n2ccc(NC(=O)N3CCN(C(=O)C(C)(C)N)CC3)nc2=O)cc1)[C@H]1CC[C@@H](CN)C1.Cl. The number of anilines is 1. The van der Waals surface area contributed by atoms with Crippen molar-refractivity contribution < 1.29 is 9.59 Å². The zero-order valence-electron chi connectivity index (χ0n) is 23.7. The molecule has 0 spiro atoms. The van der Waals surface area contributed by atoms with Gasteiger partial charge in [0.1, 0.15) is 5.82 Å². The molecule has 11 nitrogen and oxygen atoms in total. The molecule has 1 saturated carbocycles. The van der Waals surface area contributed by atoms with Crippen molar-refractivity contribution in [3.8, 4) is 5.69 Å². The largest absolute Gasteiger partial charge is 0.354 e. The summed E-state index contributed by atoms with van der Waals surface area (Å²) in [6.07, 6.45) is 6.17. The predicted molar refractivity (Wildman–Crippen MR) is 159 cm³/mol. The number of urea groups is 1. The van der Waals surface area contributed by atoms with Gasteiger partial charge in [0.25, 0.3) is 0 Å². The van der Waals surface area contributed by atoms with E-state index in [-0.39, 0.29) is 30.2 Å². The number of piperazine rings is 1. The summed E-state index contributed by atoms with van der Waals surface area (Å²) in [4.78, 5) is 47.5. The first-order valence-corrected chi connectivity index (χ1v) is 13.8. The van der Waals surface area contributed by atoms with Gasteiger partial charge >= 0.3 is 11.7 Å². The van der Waals surface area contributed by atoms with Crippen LogP contribution in [-0.2, 0) is 11.2 Å². The topological polar surface area (TPSA) is 143 Å². The zero-order chi connectivity index (χ0) is 28.2.